The lowest BCUT2D eigenvalue weighted by Gasteiger charge is -2.04. The van der Waals surface area contributed by atoms with Crippen molar-refractivity contribution < 1.29 is 0 Å². The largest absolute Gasteiger partial charge is 0.313 e. The van der Waals surface area contributed by atoms with Crippen LogP contribution in [-0.2, 0) is 6.42 Å². The molecule has 1 rings (SSSR count). The smallest absolute Gasteiger partial charge is 0.0270 e. The minimum Gasteiger partial charge on any atom is -0.313 e. The molecule has 1 heterocycles. The molecule has 1 aromatic heterocycles. The van der Waals surface area contributed by atoms with Gasteiger partial charge in [-0.15, -0.1) is 0 Å². The predicted octanol–water partition coefficient (Wildman–Crippen LogP) is 4.30. The first-order chi connectivity index (χ1) is 9.68. The van der Waals surface area contributed by atoms with E-state index in [9.17, 15) is 0 Å². The molecular formula is C18H28N2. The second kappa shape index (κ2) is 10.4. The number of nitrogens with zero attached hydrogens (tertiary/aromatic N) is 1. The van der Waals surface area contributed by atoms with E-state index >= 15 is 0 Å². The summed E-state index contributed by atoms with van der Waals surface area (Å²) in [5, 5.41) is 3.48. The molecule has 0 saturated heterocycles. The van der Waals surface area contributed by atoms with Crippen LogP contribution in [0.2, 0.25) is 0 Å². The molecule has 0 aromatic carbocycles. The normalized spacial score (nSPS) is 11.4. The highest BCUT2D eigenvalue weighted by molar-refractivity contribution is 5.09. The first-order valence-electron chi connectivity index (χ1n) is 7.57. The van der Waals surface area contributed by atoms with Gasteiger partial charge in [0.15, 0.2) is 0 Å². The summed E-state index contributed by atoms with van der Waals surface area (Å²) in [6.45, 7) is 8.58. The van der Waals surface area contributed by atoms with E-state index in [1.807, 2.05) is 12.4 Å². The SMILES string of the molecule is CC(C)=CCC/C(C)=C/CNCCCc1ccncc1. The topological polar surface area (TPSA) is 24.9 Å². The van der Waals surface area contributed by atoms with Crippen molar-refractivity contribution in [1.29, 1.82) is 0 Å². The molecule has 110 valence electrons. The number of hydrogen-bond acceptors (Lipinski definition) is 2. The van der Waals surface area contributed by atoms with Crippen LogP contribution < -0.4 is 5.32 Å². The number of pyridine rings is 1. The summed E-state index contributed by atoms with van der Waals surface area (Å²) in [5.41, 5.74) is 4.26. The molecule has 0 unspecified atom stereocenters. The maximum absolute atomic E-state index is 4.03. The van der Waals surface area contributed by atoms with E-state index in [2.05, 4.69) is 55.4 Å². The van der Waals surface area contributed by atoms with Crippen LogP contribution in [0, 0.1) is 0 Å². The van der Waals surface area contributed by atoms with Crippen molar-refractivity contribution in [1.82, 2.24) is 10.3 Å². The number of nitrogens with one attached hydrogen (secondary N) is 1. The molecule has 0 saturated carbocycles. The van der Waals surface area contributed by atoms with Crippen LogP contribution in [0.4, 0.5) is 0 Å². The molecule has 0 amide bonds. The van der Waals surface area contributed by atoms with Gasteiger partial charge in [-0.1, -0.05) is 23.3 Å². The quantitative estimate of drug-likeness (QED) is 0.535. The second-order valence-corrected chi connectivity index (χ2v) is 5.53. The predicted molar refractivity (Wildman–Crippen MR) is 87.8 cm³/mol. The van der Waals surface area contributed by atoms with E-state index in [1.54, 1.807) is 0 Å². The molecule has 0 aliphatic rings. The van der Waals surface area contributed by atoms with Gasteiger partial charge in [-0.3, -0.25) is 4.98 Å². The average Bonchev–Trinajstić information content (AvgIpc) is 2.43. The summed E-state index contributed by atoms with van der Waals surface area (Å²) in [5.74, 6) is 0. The monoisotopic (exact) mass is 272 g/mol. The maximum Gasteiger partial charge on any atom is 0.0270 e. The summed E-state index contributed by atoms with van der Waals surface area (Å²) in [6, 6.07) is 4.18. The molecule has 2 heteroatoms. The Morgan fingerprint density at radius 1 is 1.15 bits per heavy atom. The van der Waals surface area contributed by atoms with Gasteiger partial charge < -0.3 is 5.32 Å². The Labute approximate surface area is 124 Å². The zero-order valence-electron chi connectivity index (χ0n) is 13.2. The number of allylic oxidation sites excluding steroid dienone is 3. The van der Waals surface area contributed by atoms with E-state index in [-0.39, 0.29) is 0 Å². The molecule has 0 fully saturated rings. The Kier molecular flexibility index (Phi) is 8.64. The van der Waals surface area contributed by atoms with Gasteiger partial charge in [0, 0.05) is 18.9 Å². The fourth-order valence-corrected chi connectivity index (χ4v) is 2.01. The summed E-state index contributed by atoms with van der Waals surface area (Å²) < 4.78 is 0. The minimum absolute atomic E-state index is 0.983. The standard InChI is InChI=1S/C18H28N2/c1-16(2)6-4-7-17(3)9-13-19-12-5-8-18-10-14-20-15-11-18/h6,9-11,14-15,19H,4-5,7-8,12-13H2,1-3H3/b17-9+. The Bertz CT molecular complexity index is 414. The molecule has 0 spiro atoms. The van der Waals surface area contributed by atoms with Gasteiger partial charge in [-0.05, 0) is 70.7 Å². The highest BCUT2D eigenvalue weighted by atomic mass is 14.8. The Hall–Kier alpha value is -1.41. The highest BCUT2D eigenvalue weighted by Crippen LogP contribution is 2.06. The third-order valence-electron chi connectivity index (χ3n) is 3.25. The third-order valence-corrected chi connectivity index (χ3v) is 3.25. The average molecular weight is 272 g/mol. The van der Waals surface area contributed by atoms with Crippen molar-refractivity contribution in [2.75, 3.05) is 13.1 Å². The molecular weight excluding hydrogens is 244 g/mol. The lowest BCUT2D eigenvalue weighted by atomic mass is 10.1. The zero-order valence-corrected chi connectivity index (χ0v) is 13.2. The molecule has 0 radical (unpaired) electrons. The van der Waals surface area contributed by atoms with Gasteiger partial charge >= 0.3 is 0 Å². The molecule has 2 nitrogen and oxygen atoms in total. The maximum atomic E-state index is 4.03. The van der Waals surface area contributed by atoms with Crippen molar-refractivity contribution in [3.63, 3.8) is 0 Å². The van der Waals surface area contributed by atoms with Crippen molar-refractivity contribution >= 4 is 0 Å². The molecule has 1 aromatic rings. The highest BCUT2D eigenvalue weighted by Gasteiger charge is 1.92. The van der Waals surface area contributed by atoms with E-state index in [0.717, 1.165) is 25.9 Å². The van der Waals surface area contributed by atoms with Crippen molar-refractivity contribution in [3.8, 4) is 0 Å². The molecule has 20 heavy (non-hydrogen) atoms. The lowest BCUT2D eigenvalue weighted by Crippen LogP contribution is -2.16. The first-order valence-corrected chi connectivity index (χ1v) is 7.57. The van der Waals surface area contributed by atoms with Gasteiger partial charge in [0.05, 0.1) is 0 Å². The first kappa shape index (κ1) is 16.6. The Morgan fingerprint density at radius 2 is 1.90 bits per heavy atom. The fraction of sp³-hybridized carbons (Fsp3) is 0.500. The van der Waals surface area contributed by atoms with Crippen molar-refractivity contribution in [2.45, 2.75) is 46.5 Å². The molecule has 0 bridgehead atoms. The van der Waals surface area contributed by atoms with Gasteiger partial charge in [-0.2, -0.15) is 0 Å². The zero-order chi connectivity index (χ0) is 14.6. The molecule has 1 N–H and O–H groups in total. The Morgan fingerprint density at radius 3 is 2.60 bits per heavy atom. The molecule has 0 atom stereocenters. The minimum atomic E-state index is 0.983. The van der Waals surface area contributed by atoms with E-state index in [0.29, 0.717) is 0 Å². The Balaban J connectivity index is 2.05. The van der Waals surface area contributed by atoms with Crippen LogP contribution in [0.3, 0.4) is 0 Å². The lowest BCUT2D eigenvalue weighted by molar-refractivity contribution is 0.689. The molecule has 0 aliphatic carbocycles. The number of aryl methyl sites for hydroxylation is 1. The van der Waals surface area contributed by atoms with E-state index < -0.39 is 0 Å². The molecule has 0 aliphatic heterocycles. The third kappa shape index (κ3) is 8.65. The van der Waals surface area contributed by atoms with Crippen LogP contribution in [0.25, 0.3) is 0 Å². The van der Waals surface area contributed by atoms with Gasteiger partial charge in [-0.25, -0.2) is 0 Å². The summed E-state index contributed by atoms with van der Waals surface area (Å²) >= 11 is 0. The van der Waals surface area contributed by atoms with Crippen LogP contribution >= 0.6 is 0 Å². The number of aromatic nitrogens is 1. The van der Waals surface area contributed by atoms with Crippen molar-refractivity contribution in [3.05, 3.63) is 53.4 Å². The van der Waals surface area contributed by atoms with Crippen LogP contribution in [-0.4, -0.2) is 18.1 Å². The van der Waals surface area contributed by atoms with Crippen LogP contribution in [0.1, 0.15) is 45.6 Å². The summed E-state index contributed by atoms with van der Waals surface area (Å²) in [7, 11) is 0. The summed E-state index contributed by atoms with van der Waals surface area (Å²) in [6.07, 6.45) is 13.0. The number of rotatable bonds is 9. The van der Waals surface area contributed by atoms with Gasteiger partial charge in [0.1, 0.15) is 0 Å². The van der Waals surface area contributed by atoms with Crippen molar-refractivity contribution in [2.24, 2.45) is 0 Å². The van der Waals surface area contributed by atoms with Crippen LogP contribution in [0.15, 0.2) is 47.8 Å². The van der Waals surface area contributed by atoms with Gasteiger partial charge in [0.2, 0.25) is 0 Å². The second-order valence-electron chi connectivity index (χ2n) is 5.53. The summed E-state index contributed by atoms with van der Waals surface area (Å²) in [4.78, 5) is 4.03. The van der Waals surface area contributed by atoms with Gasteiger partial charge in [0.25, 0.3) is 0 Å². The van der Waals surface area contributed by atoms with Crippen LogP contribution in [0.5, 0.6) is 0 Å². The van der Waals surface area contributed by atoms with E-state index in [1.165, 1.54) is 29.6 Å². The number of hydrogen-bond donors (Lipinski definition) is 1. The fourth-order valence-electron chi connectivity index (χ4n) is 2.01. The van der Waals surface area contributed by atoms with E-state index in [4.69, 9.17) is 0 Å².